The van der Waals surface area contributed by atoms with Gasteiger partial charge in [0.05, 0.1) is 18.4 Å². The van der Waals surface area contributed by atoms with Gasteiger partial charge in [0.25, 0.3) is 0 Å². The fourth-order valence-electron chi connectivity index (χ4n) is 6.59. The maximum absolute atomic E-state index is 13.3. The predicted octanol–water partition coefficient (Wildman–Crippen LogP) is 10.6. The van der Waals surface area contributed by atoms with Crippen LogP contribution in [0.25, 0.3) is 0 Å². The Hall–Kier alpha value is -1.23. The Kier molecular flexibility index (Phi) is 15.9. The highest BCUT2D eigenvalue weighted by Gasteiger charge is 2.45. The van der Waals surface area contributed by atoms with Gasteiger partial charge in [-0.05, 0) is 98.1 Å². The van der Waals surface area contributed by atoms with E-state index >= 15 is 0 Å². The van der Waals surface area contributed by atoms with Gasteiger partial charge in [0, 0.05) is 18.6 Å². The highest BCUT2D eigenvalue weighted by atomic mass is 28.4. The van der Waals surface area contributed by atoms with Gasteiger partial charge in [-0.25, -0.2) is 0 Å². The smallest absolute Gasteiger partial charge is 0.308 e. The highest BCUT2D eigenvalue weighted by Crippen LogP contribution is 2.46. The minimum absolute atomic E-state index is 0.0294. The Morgan fingerprint density at radius 1 is 0.958 bits per heavy atom. The molecule has 0 aromatic carbocycles. The van der Waals surface area contributed by atoms with Gasteiger partial charge in [-0.3, -0.25) is 9.59 Å². The molecule has 2 aliphatic rings. The Morgan fingerprint density at radius 2 is 1.54 bits per heavy atom. The van der Waals surface area contributed by atoms with Crippen LogP contribution < -0.4 is 5.32 Å². The van der Waals surface area contributed by atoms with Gasteiger partial charge in [0.15, 0.2) is 16.6 Å². The molecule has 0 fully saturated rings. The van der Waals surface area contributed by atoms with Gasteiger partial charge in [0.1, 0.15) is 6.10 Å². The molecule has 0 saturated carbocycles. The number of ether oxygens (including phenoxy) is 1. The maximum atomic E-state index is 13.3. The summed E-state index contributed by atoms with van der Waals surface area (Å²) < 4.78 is 20.6. The molecule has 2 aliphatic carbocycles. The number of unbranched alkanes of at least 4 members (excludes halogenated alkanes) is 1. The summed E-state index contributed by atoms with van der Waals surface area (Å²) in [5, 5.41) is 3.24. The van der Waals surface area contributed by atoms with Crippen molar-refractivity contribution in [2.45, 2.75) is 182 Å². The van der Waals surface area contributed by atoms with Crippen molar-refractivity contribution in [3.63, 3.8) is 0 Å². The van der Waals surface area contributed by atoms with Crippen molar-refractivity contribution in [1.29, 1.82) is 0 Å². The van der Waals surface area contributed by atoms with E-state index in [9.17, 15) is 9.59 Å². The first-order valence-electron chi connectivity index (χ1n) is 19.3. The molecule has 0 spiro atoms. The van der Waals surface area contributed by atoms with E-state index in [1.807, 2.05) is 6.92 Å². The van der Waals surface area contributed by atoms with Crippen molar-refractivity contribution >= 4 is 28.5 Å². The molecule has 8 heteroatoms. The predicted molar refractivity (Wildman–Crippen MR) is 207 cm³/mol. The quantitative estimate of drug-likeness (QED) is 0.0926. The molecule has 0 heterocycles. The molecule has 0 radical (unpaired) electrons. The van der Waals surface area contributed by atoms with Crippen LogP contribution in [0.15, 0.2) is 23.8 Å². The third kappa shape index (κ3) is 12.2. The van der Waals surface area contributed by atoms with E-state index in [1.165, 1.54) is 5.57 Å². The highest BCUT2D eigenvalue weighted by molar-refractivity contribution is 6.74. The van der Waals surface area contributed by atoms with Gasteiger partial charge in [-0.15, -0.1) is 0 Å². The monoisotopic (exact) mass is 706 g/mol. The minimum atomic E-state index is -2.16. The molecule has 2 rings (SSSR count). The molecule has 278 valence electrons. The van der Waals surface area contributed by atoms with Crippen molar-refractivity contribution in [2.24, 2.45) is 29.6 Å². The van der Waals surface area contributed by atoms with Gasteiger partial charge >= 0.3 is 5.97 Å². The normalized spacial score (nSPS) is 25.5. The van der Waals surface area contributed by atoms with Crippen LogP contribution in [0, 0.1) is 29.6 Å². The maximum Gasteiger partial charge on any atom is 0.308 e. The molecule has 0 aromatic heterocycles. The lowest BCUT2D eigenvalue weighted by atomic mass is 9.65. The second-order valence-electron chi connectivity index (χ2n) is 18.3. The average Bonchev–Trinajstić information content (AvgIpc) is 2.94. The standard InChI is InChI=1S/C40H75NO5Si2/c1-16-18-23-41-36(42)27-33(46-48(14,15)40(9,10)11)26-32(45-47(12,13)39(6,7)8)21-22-34-30(5)19-20-31-24-28(3)25-35(37(31)34)44-38(43)29(4)17-2/h19-20,24,28-30,32-35,37H,16-18,21-23,25-27H2,1-15H3,(H,41,42)/t28-,29-,30-,32+,33+,34-,35-,37-/m0/s1. The second kappa shape index (κ2) is 17.8. The minimum Gasteiger partial charge on any atom is -0.461 e. The van der Waals surface area contributed by atoms with Crippen LogP contribution in [0.4, 0.5) is 0 Å². The van der Waals surface area contributed by atoms with Crippen molar-refractivity contribution in [3.8, 4) is 0 Å². The van der Waals surface area contributed by atoms with Gasteiger partial charge in [-0.2, -0.15) is 0 Å². The van der Waals surface area contributed by atoms with Crippen molar-refractivity contribution in [1.82, 2.24) is 5.32 Å². The number of nitrogens with one attached hydrogen (secondary N) is 1. The number of fused-ring (bicyclic) bond motifs is 1. The average molecular weight is 706 g/mol. The molecular weight excluding hydrogens is 631 g/mol. The Morgan fingerprint density at radius 3 is 2.08 bits per heavy atom. The Balaban J connectivity index is 2.44. The summed E-state index contributed by atoms with van der Waals surface area (Å²) in [5.74, 6) is 1.17. The largest absolute Gasteiger partial charge is 0.461 e. The van der Waals surface area contributed by atoms with Crippen LogP contribution >= 0.6 is 0 Å². The third-order valence-electron chi connectivity index (χ3n) is 12.0. The number of carbonyl (C=O) groups is 2. The van der Waals surface area contributed by atoms with E-state index < -0.39 is 16.6 Å². The number of amides is 1. The van der Waals surface area contributed by atoms with Crippen LogP contribution in [0.5, 0.6) is 0 Å². The molecule has 0 aromatic rings. The molecule has 0 saturated heterocycles. The van der Waals surface area contributed by atoms with E-state index in [1.54, 1.807) is 0 Å². The van der Waals surface area contributed by atoms with Crippen molar-refractivity contribution in [2.75, 3.05) is 6.54 Å². The van der Waals surface area contributed by atoms with Crippen molar-refractivity contribution in [3.05, 3.63) is 23.8 Å². The van der Waals surface area contributed by atoms with Gasteiger partial charge in [0.2, 0.25) is 5.91 Å². The summed E-state index contributed by atoms with van der Waals surface area (Å²) in [6.07, 6.45) is 13.3. The zero-order valence-electron chi connectivity index (χ0n) is 33.8. The zero-order chi connectivity index (χ0) is 36.7. The zero-order valence-corrected chi connectivity index (χ0v) is 35.8. The molecule has 6 nitrogen and oxygen atoms in total. The van der Waals surface area contributed by atoms with E-state index in [2.05, 4.69) is 119 Å². The van der Waals surface area contributed by atoms with E-state index in [0.29, 0.717) is 37.1 Å². The molecule has 0 aliphatic heterocycles. The summed E-state index contributed by atoms with van der Waals surface area (Å²) in [5.41, 5.74) is 1.32. The Labute approximate surface area is 298 Å². The lowest BCUT2D eigenvalue weighted by molar-refractivity contribution is -0.158. The summed E-state index contributed by atoms with van der Waals surface area (Å²) in [6, 6.07) is 0. The SMILES string of the molecule is CCCCNC(=O)C[C@@H](C[C@@H](CC[C@@H]1[C@@H]2C(=C[C@H](C)C[C@@H]2OC(=O)[C@@H](C)CC)C=C[C@@H]1C)O[Si](C)(C)C(C)(C)C)O[Si](C)(C)C(C)(C)C. The van der Waals surface area contributed by atoms with Crippen LogP contribution in [0.1, 0.15) is 128 Å². The lowest BCUT2D eigenvalue weighted by Gasteiger charge is -2.45. The fourth-order valence-corrected chi connectivity index (χ4v) is 9.36. The van der Waals surface area contributed by atoms with Gasteiger partial charge < -0.3 is 18.9 Å². The van der Waals surface area contributed by atoms with E-state index in [-0.39, 0.29) is 52.1 Å². The summed E-state index contributed by atoms with van der Waals surface area (Å²) in [7, 11) is -4.29. The molecule has 0 unspecified atom stereocenters. The lowest BCUT2D eigenvalue weighted by Crippen LogP contribution is -2.48. The number of rotatable bonds is 17. The molecular formula is C40H75NO5Si2. The third-order valence-corrected chi connectivity index (χ3v) is 21.1. The van der Waals surface area contributed by atoms with Crippen LogP contribution in [-0.2, 0) is 23.2 Å². The van der Waals surface area contributed by atoms with Crippen LogP contribution in [0.2, 0.25) is 36.3 Å². The second-order valence-corrected chi connectivity index (χ2v) is 27.8. The number of allylic oxidation sites excluding steroid dienone is 3. The molecule has 48 heavy (non-hydrogen) atoms. The topological polar surface area (TPSA) is 73.9 Å². The summed E-state index contributed by atoms with van der Waals surface area (Å²) in [6.45, 7) is 34.3. The van der Waals surface area contributed by atoms with Gasteiger partial charge in [-0.1, -0.05) is 101 Å². The first kappa shape index (κ1) is 42.9. The Bertz CT molecular complexity index is 1100. The van der Waals surface area contributed by atoms with Crippen LogP contribution in [-0.4, -0.2) is 53.4 Å². The molecule has 0 bridgehead atoms. The van der Waals surface area contributed by atoms with E-state index in [4.69, 9.17) is 13.6 Å². The first-order chi connectivity index (χ1) is 22.0. The van der Waals surface area contributed by atoms with E-state index in [0.717, 1.165) is 38.5 Å². The summed E-state index contributed by atoms with van der Waals surface area (Å²) >= 11 is 0. The molecule has 1 N–H and O–H groups in total. The number of esters is 1. The first-order valence-corrected chi connectivity index (χ1v) is 25.1. The number of hydrogen-bond donors (Lipinski definition) is 1. The molecule has 1 amide bonds. The number of carbonyl (C=O) groups excluding carboxylic acids is 2. The summed E-state index contributed by atoms with van der Waals surface area (Å²) in [4.78, 5) is 26.3. The van der Waals surface area contributed by atoms with Crippen molar-refractivity contribution < 1.29 is 23.2 Å². The fraction of sp³-hybridized carbons (Fsp3) is 0.850. The van der Waals surface area contributed by atoms with Crippen LogP contribution in [0.3, 0.4) is 0 Å². The molecule has 8 atom stereocenters. The number of hydrogen-bond acceptors (Lipinski definition) is 5.